The summed E-state index contributed by atoms with van der Waals surface area (Å²) < 4.78 is 2.19. The minimum Gasteiger partial charge on any atom is -0.304 e. The van der Waals surface area contributed by atoms with Gasteiger partial charge >= 0.3 is 0 Å². The summed E-state index contributed by atoms with van der Waals surface area (Å²) in [6, 6.07) is 4.28. The number of pyridine rings is 1. The highest BCUT2D eigenvalue weighted by Gasteiger charge is 2.04. The van der Waals surface area contributed by atoms with E-state index in [1.54, 1.807) is 0 Å². The average Bonchev–Trinajstić information content (AvgIpc) is 2.62. The number of aromatic nitrogens is 2. The van der Waals surface area contributed by atoms with Crippen molar-refractivity contribution in [3.05, 3.63) is 35.3 Å². The van der Waals surface area contributed by atoms with Crippen molar-refractivity contribution in [3.63, 3.8) is 0 Å². The van der Waals surface area contributed by atoms with E-state index in [2.05, 4.69) is 48.5 Å². The maximum atomic E-state index is 4.53. The molecule has 0 aliphatic carbocycles. The highest BCUT2D eigenvalue weighted by Crippen LogP contribution is 2.14. The molecule has 14 heavy (non-hydrogen) atoms. The molecule has 2 aromatic heterocycles. The average molecular weight is 188 g/mol. The molecular formula is C12H16N2. The van der Waals surface area contributed by atoms with Gasteiger partial charge in [-0.15, -0.1) is 0 Å². The van der Waals surface area contributed by atoms with Gasteiger partial charge in [-0.25, -0.2) is 4.98 Å². The third-order valence-corrected chi connectivity index (χ3v) is 2.79. The maximum Gasteiger partial charge on any atom is 0.137 e. The second-order valence-corrected chi connectivity index (χ2v) is 3.61. The third-order valence-electron chi connectivity index (χ3n) is 2.79. The fraction of sp³-hybridized carbons (Fsp3) is 0.417. The molecule has 0 aliphatic rings. The summed E-state index contributed by atoms with van der Waals surface area (Å²) in [7, 11) is 0. The molecule has 74 valence electrons. The molecule has 0 saturated carbocycles. The second-order valence-electron chi connectivity index (χ2n) is 3.61. The lowest BCUT2D eigenvalue weighted by atomic mass is 10.1. The Kier molecular flexibility index (Phi) is 2.28. The number of imidazole rings is 1. The molecule has 2 rings (SSSR count). The first-order valence-corrected chi connectivity index (χ1v) is 5.22. The van der Waals surface area contributed by atoms with Crippen LogP contribution in [0.5, 0.6) is 0 Å². The Labute approximate surface area is 84.6 Å². The molecule has 0 aromatic carbocycles. The van der Waals surface area contributed by atoms with E-state index in [0.29, 0.717) is 0 Å². The first-order chi connectivity index (χ1) is 6.76. The number of fused-ring (bicyclic) bond motifs is 1. The Hall–Kier alpha value is -1.31. The summed E-state index contributed by atoms with van der Waals surface area (Å²) >= 11 is 0. The smallest absolute Gasteiger partial charge is 0.137 e. The molecule has 2 nitrogen and oxygen atoms in total. The van der Waals surface area contributed by atoms with Crippen LogP contribution in [0.15, 0.2) is 18.3 Å². The van der Waals surface area contributed by atoms with Crippen LogP contribution in [0.2, 0.25) is 0 Å². The van der Waals surface area contributed by atoms with E-state index in [1.165, 1.54) is 17.0 Å². The molecule has 0 aliphatic heterocycles. The first-order valence-electron chi connectivity index (χ1n) is 5.22. The van der Waals surface area contributed by atoms with E-state index in [1.807, 2.05) is 0 Å². The molecule has 0 amide bonds. The lowest BCUT2D eigenvalue weighted by Crippen LogP contribution is -1.95. The van der Waals surface area contributed by atoms with Gasteiger partial charge in [-0.1, -0.05) is 19.9 Å². The SMILES string of the molecule is CCc1cn2c(C)c(CC)ccc2n1. The second kappa shape index (κ2) is 3.45. The molecule has 2 heterocycles. The van der Waals surface area contributed by atoms with Crippen LogP contribution in [0.3, 0.4) is 0 Å². The summed E-state index contributed by atoms with van der Waals surface area (Å²) in [5, 5.41) is 0. The van der Waals surface area contributed by atoms with Gasteiger partial charge in [-0.2, -0.15) is 0 Å². The minimum absolute atomic E-state index is 1.00. The molecule has 0 fully saturated rings. The molecular weight excluding hydrogens is 172 g/mol. The zero-order valence-corrected chi connectivity index (χ0v) is 9.04. The molecule has 0 N–H and O–H groups in total. The normalized spacial score (nSPS) is 11.1. The van der Waals surface area contributed by atoms with Crippen LogP contribution in [0.1, 0.15) is 30.8 Å². The maximum absolute atomic E-state index is 4.53. The van der Waals surface area contributed by atoms with Crippen molar-refractivity contribution in [1.82, 2.24) is 9.38 Å². The fourth-order valence-corrected chi connectivity index (χ4v) is 1.83. The Bertz CT molecular complexity index is 455. The monoisotopic (exact) mass is 188 g/mol. The molecule has 2 aromatic rings. The van der Waals surface area contributed by atoms with Crippen molar-refractivity contribution in [1.29, 1.82) is 0 Å². The quantitative estimate of drug-likeness (QED) is 0.708. The first kappa shape index (κ1) is 9.25. The van der Waals surface area contributed by atoms with Crippen LogP contribution in [0.4, 0.5) is 0 Å². The lowest BCUT2D eigenvalue weighted by molar-refractivity contribution is 0.999. The van der Waals surface area contributed by atoms with Gasteiger partial charge in [0.05, 0.1) is 5.69 Å². The molecule has 2 heteroatoms. The lowest BCUT2D eigenvalue weighted by Gasteiger charge is -2.04. The molecule has 0 bridgehead atoms. The van der Waals surface area contributed by atoms with Crippen LogP contribution < -0.4 is 0 Å². The molecule has 0 unspecified atom stereocenters. The number of rotatable bonds is 2. The van der Waals surface area contributed by atoms with Gasteiger partial charge in [-0.3, -0.25) is 0 Å². The summed E-state index contributed by atoms with van der Waals surface area (Å²) in [6.45, 7) is 6.48. The van der Waals surface area contributed by atoms with Crippen LogP contribution in [-0.2, 0) is 12.8 Å². The number of hydrogen-bond donors (Lipinski definition) is 0. The highest BCUT2D eigenvalue weighted by molar-refractivity contribution is 5.44. The standard InChI is InChI=1S/C12H16N2/c1-4-10-6-7-12-13-11(5-2)8-14(12)9(10)3/h6-8H,4-5H2,1-3H3. The van der Waals surface area contributed by atoms with Crippen molar-refractivity contribution in [3.8, 4) is 0 Å². The summed E-state index contributed by atoms with van der Waals surface area (Å²) in [6.07, 6.45) is 4.23. The zero-order valence-electron chi connectivity index (χ0n) is 9.04. The van der Waals surface area contributed by atoms with Crippen molar-refractivity contribution >= 4 is 5.65 Å². The van der Waals surface area contributed by atoms with Gasteiger partial charge < -0.3 is 4.40 Å². The summed E-state index contributed by atoms with van der Waals surface area (Å²) in [5.41, 5.74) is 4.95. The predicted molar refractivity (Wildman–Crippen MR) is 58.7 cm³/mol. The van der Waals surface area contributed by atoms with E-state index in [-0.39, 0.29) is 0 Å². The Balaban J connectivity index is 2.68. The number of aryl methyl sites for hydroxylation is 3. The topological polar surface area (TPSA) is 17.3 Å². The van der Waals surface area contributed by atoms with Crippen molar-refractivity contribution in [2.75, 3.05) is 0 Å². The summed E-state index contributed by atoms with van der Waals surface area (Å²) in [5.74, 6) is 0. The summed E-state index contributed by atoms with van der Waals surface area (Å²) in [4.78, 5) is 4.53. The van der Waals surface area contributed by atoms with Crippen molar-refractivity contribution in [2.24, 2.45) is 0 Å². The van der Waals surface area contributed by atoms with E-state index in [0.717, 1.165) is 18.5 Å². The molecule has 0 saturated heterocycles. The largest absolute Gasteiger partial charge is 0.304 e. The van der Waals surface area contributed by atoms with Crippen LogP contribution in [0, 0.1) is 6.92 Å². The highest BCUT2D eigenvalue weighted by atomic mass is 15.0. The van der Waals surface area contributed by atoms with E-state index >= 15 is 0 Å². The third kappa shape index (κ3) is 1.31. The Morgan fingerprint density at radius 3 is 2.64 bits per heavy atom. The van der Waals surface area contributed by atoms with Gasteiger partial charge in [0.1, 0.15) is 5.65 Å². The molecule has 0 radical (unpaired) electrons. The Morgan fingerprint density at radius 1 is 1.21 bits per heavy atom. The minimum atomic E-state index is 1.00. The van der Waals surface area contributed by atoms with Crippen molar-refractivity contribution in [2.45, 2.75) is 33.6 Å². The van der Waals surface area contributed by atoms with E-state index in [9.17, 15) is 0 Å². The van der Waals surface area contributed by atoms with Crippen LogP contribution in [-0.4, -0.2) is 9.38 Å². The van der Waals surface area contributed by atoms with Gasteiger partial charge in [0.15, 0.2) is 0 Å². The van der Waals surface area contributed by atoms with Gasteiger partial charge in [-0.05, 0) is 31.4 Å². The fourth-order valence-electron chi connectivity index (χ4n) is 1.83. The van der Waals surface area contributed by atoms with E-state index < -0.39 is 0 Å². The van der Waals surface area contributed by atoms with E-state index in [4.69, 9.17) is 0 Å². The number of nitrogens with zero attached hydrogens (tertiary/aromatic N) is 2. The molecule has 0 spiro atoms. The predicted octanol–water partition coefficient (Wildman–Crippen LogP) is 2.77. The van der Waals surface area contributed by atoms with Crippen LogP contribution >= 0.6 is 0 Å². The van der Waals surface area contributed by atoms with Crippen LogP contribution in [0.25, 0.3) is 5.65 Å². The van der Waals surface area contributed by atoms with Gasteiger partial charge in [0.2, 0.25) is 0 Å². The zero-order chi connectivity index (χ0) is 10.1. The Morgan fingerprint density at radius 2 is 2.00 bits per heavy atom. The van der Waals surface area contributed by atoms with Crippen molar-refractivity contribution < 1.29 is 0 Å². The van der Waals surface area contributed by atoms with Gasteiger partial charge in [0.25, 0.3) is 0 Å². The molecule has 0 atom stereocenters. The number of hydrogen-bond acceptors (Lipinski definition) is 1. The van der Waals surface area contributed by atoms with Gasteiger partial charge in [0, 0.05) is 11.9 Å².